The molecule has 6 nitrogen and oxygen atoms in total. The van der Waals surface area contributed by atoms with Crippen molar-refractivity contribution in [1.82, 2.24) is 4.90 Å². The Morgan fingerprint density at radius 2 is 2.43 bits per heavy atom. The van der Waals surface area contributed by atoms with Crippen molar-refractivity contribution in [2.45, 2.75) is 12.8 Å². The summed E-state index contributed by atoms with van der Waals surface area (Å²) in [6, 6.07) is 3.72. The summed E-state index contributed by atoms with van der Waals surface area (Å²) < 4.78 is 4.73. The van der Waals surface area contributed by atoms with Crippen LogP contribution in [0.5, 0.6) is 0 Å². The van der Waals surface area contributed by atoms with E-state index in [0.717, 1.165) is 13.0 Å². The number of nitriles is 1. The molecule has 1 amide bonds. The van der Waals surface area contributed by atoms with Crippen LogP contribution in [0.3, 0.4) is 0 Å². The van der Waals surface area contributed by atoms with Gasteiger partial charge in [0.15, 0.2) is 0 Å². The average molecular weight is 307 g/mol. The highest BCUT2D eigenvalue weighted by molar-refractivity contribution is 7.14. The van der Waals surface area contributed by atoms with Crippen molar-refractivity contribution in [2.24, 2.45) is 5.92 Å². The van der Waals surface area contributed by atoms with Gasteiger partial charge in [0.05, 0.1) is 18.6 Å². The number of carbonyl (C=O) groups excluding carboxylic acids is 2. The molecule has 2 heterocycles. The fraction of sp³-hybridized carbons (Fsp3) is 0.500. The Kier molecular flexibility index (Phi) is 5.31. The minimum Gasteiger partial charge on any atom is -0.469 e. The molecule has 0 aliphatic carbocycles. The van der Waals surface area contributed by atoms with Gasteiger partial charge in [-0.3, -0.25) is 9.59 Å². The normalized spacial score (nSPS) is 18.2. The van der Waals surface area contributed by atoms with E-state index in [1.807, 2.05) is 6.07 Å². The Morgan fingerprint density at radius 1 is 1.62 bits per heavy atom. The second-order valence-corrected chi connectivity index (χ2v) is 5.80. The van der Waals surface area contributed by atoms with Gasteiger partial charge in [0.25, 0.3) is 0 Å². The SMILES string of the molecule is COC(=O)C1CCN(CCC(=O)Nc2sccc2C#N)C1. The van der Waals surface area contributed by atoms with E-state index < -0.39 is 0 Å². The molecule has 21 heavy (non-hydrogen) atoms. The number of rotatable bonds is 5. The van der Waals surface area contributed by atoms with Crippen LogP contribution >= 0.6 is 11.3 Å². The lowest BCUT2D eigenvalue weighted by Crippen LogP contribution is -2.27. The molecule has 1 unspecified atom stereocenters. The predicted octanol–water partition coefficient (Wildman–Crippen LogP) is 1.44. The van der Waals surface area contributed by atoms with E-state index in [1.54, 1.807) is 11.4 Å². The number of esters is 1. The molecule has 0 spiro atoms. The van der Waals surface area contributed by atoms with Gasteiger partial charge in [0, 0.05) is 19.5 Å². The van der Waals surface area contributed by atoms with Gasteiger partial charge in [-0.1, -0.05) is 0 Å². The molecule has 1 aromatic rings. The van der Waals surface area contributed by atoms with Crippen LogP contribution in [-0.4, -0.2) is 43.5 Å². The topological polar surface area (TPSA) is 82.4 Å². The molecule has 1 aliphatic rings. The zero-order chi connectivity index (χ0) is 15.2. The van der Waals surface area contributed by atoms with Crippen molar-refractivity contribution in [1.29, 1.82) is 5.26 Å². The molecule has 1 fully saturated rings. The molecule has 1 atom stereocenters. The summed E-state index contributed by atoms with van der Waals surface area (Å²) in [5.74, 6) is -0.379. The molecule has 2 rings (SSSR count). The first-order chi connectivity index (χ1) is 10.1. The van der Waals surface area contributed by atoms with Gasteiger partial charge in [-0.05, 0) is 24.4 Å². The quantitative estimate of drug-likeness (QED) is 0.832. The smallest absolute Gasteiger partial charge is 0.310 e. The van der Waals surface area contributed by atoms with Crippen molar-refractivity contribution >= 4 is 28.2 Å². The number of thiophene rings is 1. The molecule has 1 saturated heterocycles. The average Bonchev–Trinajstić information content (AvgIpc) is 3.13. The third kappa shape index (κ3) is 4.03. The Bertz CT molecular complexity index is 564. The number of ether oxygens (including phenoxy) is 1. The summed E-state index contributed by atoms with van der Waals surface area (Å²) in [7, 11) is 1.40. The third-order valence-electron chi connectivity index (χ3n) is 3.50. The van der Waals surface area contributed by atoms with Crippen molar-refractivity contribution in [3.8, 4) is 6.07 Å². The van der Waals surface area contributed by atoms with Crippen molar-refractivity contribution in [3.63, 3.8) is 0 Å². The number of methoxy groups -OCH3 is 1. The number of hydrogen-bond acceptors (Lipinski definition) is 6. The molecular formula is C14H17N3O3S. The lowest BCUT2D eigenvalue weighted by Gasteiger charge is -2.14. The first kappa shape index (κ1) is 15.5. The first-order valence-electron chi connectivity index (χ1n) is 6.71. The van der Waals surface area contributed by atoms with Crippen LogP contribution in [-0.2, 0) is 14.3 Å². The molecule has 0 bridgehead atoms. The van der Waals surface area contributed by atoms with E-state index in [1.165, 1.54) is 18.4 Å². The number of amides is 1. The number of hydrogen-bond donors (Lipinski definition) is 1. The monoisotopic (exact) mass is 307 g/mol. The van der Waals surface area contributed by atoms with Gasteiger partial charge < -0.3 is 15.0 Å². The molecule has 0 radical (unpaired) electrons. The van der Waals surface area contributed by atoms with Gasteiger partial charge in [-0.2, -0.15) is 5.26 Å². The van der Waals surface area contributed by atoms with E-state index in [4.69, 9.17) is 10.00 Å². The number of likely N-dealkylation sites (tertiary alicyclic amines) is 1. The maximum atomic E-state index is 11.9. The molecule has 1 N–H and O–H groups in total. The van der Waals surface area contributed by atoms with E-state index >= 15 is 0 Å². The number of nitrogens with one attached hydrogen (secondary N) is 1. The Labute approximate surface area is 127 Å². The van der Waals surface area contributed by atoms with Gasteiger partial charge in [0.2, 0.25) is 5.91 Å². The summed E-state index contributed by atoms with van der Waals surface area (Å²) >= 11 is 1.34. The van der Waals surface area contributed by atoms with Crippen LogP contribution in [0.25, 0.3) is 0 Å². The zero-order valence-electron chi connectivity index (χ0n) is 11.8. The predicted molar refractivity (Wildman–Crippen MR) is 78.8 cm³/mol. The summed E-state index contributed by atoms with van der Waals surface area (Å²) in [4.78, 5) is 25.4. The van der Waals surface area contributed by atoms with Crippen LogP contribution < -0.4 is 5.32 Å². The minimum atomic E-state index is -0.181. The summed E-state index contributed by atoms with van der Waals surface area (Å²) in [5.41, 5.74) is 0.486. The van der Waals surface area contributed by atoms with Gasteiger partial charge in [0.1, 0.15) is 11.1 Å². The van der Waals surface area contributed by atoms with Crippen molar-refractivity contribution < 1.29 is 14.3 Å². The van der Waals surface area contributed by atoms with Crippen LogP contribution in [0.15, 0.2) is 11.4 Å². The van der Waals surface area contributed by atoms with Gasteiger partial charge in [-0.15, -0.1) is 11.3 Å². The Morgan fingerprint density at radius 3 is 3.14 bits per heavy atom. The Hall–Kier alpha value is -1.91. The lowest BCUT2D eigenvalue weighted by molar-refractivity contribution is -0.144. The number of nitrogens with zero attached hydrogens (tertiary/aromatic N) is 2. The van der Waals surface area contributed by atoms with Crippen LogP contribution in [0, 0.1) is 17.2 Å². The molecule has 0 aromatic carbocycles. The molecule has 1 aromatic heterocycles. The van der Waals surface area contributed by atoms with Crippen molar-refractivity contribution in [2.75, 3.05) is 32.1 Å². The lowest BCUT2D eigenvalue weighted by atomic mass is 10.1. The fourth-order valence-electron chi connectivity index (χ4n) is 2.34. The maximum Gasteiger partial charge on any atom is 0.310 e. The Balaban J connectivity index is 1.75. The molecule has 7 heteroatoms. The number of carbonyl (C=O) groups is 2. The van der Waals surface area contributed by atoms with E-state index in [9.17, 15) is 9.59 Å². The first-order valence-corrected chi connectivity index (χ1v) is 7.59. The van der Waals surface area contributed by atoms with E-state index in [0.29, 0.717) is 30.1 Å². The van der Waals surface area contributed by atoms with Gasteiger partial charge in [-0.25, -0.2) is 0 Å². The molecule has 0 saturated carbocycles. The number of anilines is 1. The summed E-state index contributed by atoms with van der Waals surface area (Å²) in [6.45, 7) is 2.05. The largest absolute Gasteiger partial charge is 0.469 e. The maximum absolute atomic E-state index is 11.9. The third-order valence-corrected chi connectivity index (χ3v) is 4.33. The molecule has 1 aliphatic heterocycles. The molecular weight excluding hydrogens is 290 g/mol. The van der Waals surface area contributed by atoms with Crippen LogP contribution in [0.1, 0.15) is 18.4 Å². The van der Waals surface area contributed by atoms with Crippen molar-refractivity contribution in [3.05, 3.63) is 17.0 Å². The zero-order valence-corrected chi connectivity index (χ0v) is 12.6. The van der Waals surface area contributed by atoms with Crippen LogP contribution in [0.4, 0.5) is 5.00 Å². The fourth-order valence-corrected chi connectivity index (χ4v) is 3.09. The highest BCUT2D eigenvalue weighted by Crippen LogP contribution is 2.22. The van der Waals surface area contributed by atoms with Crippen LogP contribution in [0.2, 0.25) is 0 Å². The van der Waals surface area contributed by atoms with E-state index in [2.05, 4.69) is 10.2 Å². The highest BCUT2D eigenvalue weighted by atomic mass is 32.1. The second kappa shape index (κ2) is 7.20. The molecule has 112 valence electrons. The summed E-state index contributed by atoms with van der Waals surface area (Å²) in [5, 5.41) is 14.0. The minimum absolute atomic E-state index is 0.0828. The summed E-state index contributed by atoms with van der Waals surface area (Å²) in [6.07, 6.45) is 1.12. The standard InChI is InChI=1S/C14H17N3O3S/c1-20-14(19)11-2-5-17(9-11)6-3-12(18)16-13-10(8-15)4-7-21-13/h4,7,11H,2-3,5-6,9H2,1H3,(H,16,18). The van der Waals surface area contributed by atoms with Gasteiger partial charge >= 0.3 is 5.97 Å². The highest BCUT2D eigenvalue weighted by Gasteiger charge is 2.28. The van der Waals surface area contributed by atoms with E-state index in [-0.39, 0.29) is 17.8 Å². The second-order valence-electron chi connectivity index (χ2n) is 4.88.